The van der Waals surface area contributed by atoms with Crippen LogP contribution in [-0.4, -0.2) is 25.0 Å². The number of rotatable bonds is 1. The minimum atomic E-state index is 0.701. The summed E-state index contributed by atoms with van der Waals surface area (Å²) in [5.41, 5.74) is 1.45. The Bertz CT molecular complexity index is 164. The van der Waals surface area contributed by atoms with E-state index in [0.29, 0.717) is 6.04 Å². The van der Waals surface area contributed by atoms with Gasteiger partial charge in [-0.05, 0) is 26.2 Å². The van der Waals surface area contributed by atoms with Crippen LogP contribution in [0.4, 0.5) is 0 Å². The molecule has 1 aliphatic heterocycles. The largest absolute Gasteiger partial charge is 0.393 e. The first-order valence-electron chi connectivity index (χ1n) is 5.85. The summed E-state index contributed by atoms with van der Waals surface area (Å²) in [6.07, 6.45) is 7.38. The van der Waals surface area contributed by atoms with Crippen molar-refractivity contribution in [3.63, 3.8) is 0 Å². The lowest BCUT2D eigenvalue weighted by molar-refractivity contribution is 0.314. The number of hydrogen-bond donors (Lipinski definition) is 1. The first-order chi connectivity index (χ1) is 6.75. The molecule has 0 aromatic carbocycles. The van der Waals surface area contributed by atoms with Gasteiger partial charge in [0.25, 0.3) is 0 Å². The standard InChI is InChI=1S/C10H20N2.C2H6/c1-9-6-4-5-7-10(8-11-2)12(9)3;1-2/h8-9,11H,4-7H2,1-3H3;1-2H3/b10-8+;. The fourth-order valence-corrected chi connectivity index (χ4v) is 1.74. The predicted octanol–water partition coefficient (Wildman–Crippen LogP) is 2.97. The molecular formula is C12H26N2. The van der Waals surface area contributed by atoms with Gasteiger partial charge in [-0.1, -0.05) is 20.3 Å². The Morgan fingerprint density at radius 2 is 2.00 bits per heavy atom. The summed E-state index contributed by atoms with van der Waals surface area (Å²) in [5.74, 6) is 0. The van der Waals surface area contributed by atoms with Crippen molar-refractivity contribution in [2.45, 2.75) is 52.5 Å². The highest BCUT2D eigenvalue weighted by molar-refractivity contribution is 5.01. The van der Waals surface area contributed by atoms with Crippen LogP contribution in [0.2, 0.25) is 0 Å². The Balaban J connectivity index is 0.000000791. The Kier molecular flexibility index (Phi) is 7.35. The van der Waals surface area contributed by atoms with Crippen LogP contribution < -0.4 is 5.32 Å². The first kappa shape index (κ1) is 13.3. The van der Waals surface area contributed by atoms with Gasteiger partial charge >= 0.3 is 0 Å². The van der Waals surface area contributed by atoms with Crippen molar-refractivity contribution in [3.8, 4) is 0 Å². The van der Waals surface area contributed by atoms with E-state index in [1.807, 2.05) is 20.9 Å². The van der Waals surface area contributed by atoms with Gasteiger partial charge < -0.3 is 10.2 Å². The quantitative estimate of drug-likeness (QED) is 0.697. The topological polar surface area (TPSA) is 15.3 Å². The van der Waals surface area contributed by atoms with Crippen LogP contribution in [0.5, 0.6) is 0 Å². The Morgan fingerprint density at radius 1 is 1.36 bits per heavy atom. The summed E-state index contributed by atoms with van der Waals surface area (Å²) in [6, 6.07) is 0.701. The van der Waals surface area contributed by atoms with Gasteiger partial charge in [0.2, 0.25) is 0 Å². The third-order valence-corrected chi connectivity index (χ3v) is 2.73. The highest BCUT2D eigenvalue weighted by atomic mass is 15.1. The third kappa shape index (κ3) is 4.03. The van der Waals surface area contributed by atoms with Crippen LogP contribution in [0, 0.1) is 0 Å². The smallest absolute Gasteiger partial charge is 0.0292 e. The summed E-state index contributed by atoms with van der Waals surface area (Å²) < 4.78 is 0. The van der Waals surface area contributed by atoms with Gasteiger partial charge in [0.1, 0.15) is 0 Å². The lowest BCUT2D eigenvalue weighted by Gasteiger charge is -2.26. The molecule has 0 spiro atoms. The van der Waals surface area contributed by atoms with Crippen LogP contribution in [0.25, 0.3) is 0 Å². The molecule has 1 fully saturated rings. The van der Waals surface area contributed by atoms with E-state index in [4.69, 9.17) is 0 Å². The lowest BCUT2D eigenvalue weighted by atomic mass is 10.1. The van der Waals surface area contributed by atoms with Crippen LogP contribution in [0.3, 0.4) is 0 Å². The average molecular weight is 198 g/mol. The van der Waals surface area contributed by atoms with E-state index in [-0.39, 0.29) is 0 Å². The molecule has 0 amide bonds. The Hall–Kier alpha value is -0.660. The highest BCUT2D eigenvalue weighted by Gasteiger charge is 2.15. The van der Waals surface area contributed by atoms with Crippen LogP contribution in [0.1, 0.15) is 46.5 Å². The zero-order chi connectivity index (χ0) is 11.0. The molecule has 0 aromatic heterocycles. The molecule has 2 heteroatoms. The van der Waals surface area contributed by atoms with Gasteiger partial charge in [-0.25, -0.2) is 0 Å². The van der Waals surface area contributed by atoms with Gasteiger partial charge in [0.15, 0.2) is 0 Å². The minimum Gasteiger partial charge on any atom is -0.393 e. The molecule has 0 saturated carbocycles. The van der Waals surface area contributed by atoms with E-state index in [1.54, 1.807) is 0 Å². The van der Waals surface area contributed by atoms with Gasteiger partial charge in [-0.2, -0.15) is 0 Å². The van der Waals surface area contributed by atoms with E-state index >= 15 is 0 Å². The van der Waals surface area contributed by atoms with E-state index in [1.165, 1.54) is 31.4 Å². The van der Waals surface area contributed by atoms with Crippen molar-refractivity contribution >= 4 is 0 Å². The maximum atomic E-state index is 3.11. The molecule has 1 rings (SSSR count). The highest BCUT2D eigenvalue weighted by Crippen LogP contribution is 2.22. The second-order valence-corrected chi connectivity index (χ2v) is 3.63. The molecule has 0 radical (unpaired) electrons. The van der Waals surface area contributed by atoms with E-state index in [2.05, 4.69) is 30.4 Å². The number of hydrogen-bond acceptors (Lipinski definition) is 2. The van der Waals surface area contributed by atoms with Crippen LogP contribution in [-0.2, 0) is 0 Å². The summed E-state index contributed by atoms with van der Waals surface area (Å²) in [4.78, 5) is 2.39. The van der Waals surface area contributed by atoms with Crippen molar-refractivity contribution in [1.82, 2.24) is 10.2 Å². The summed E-state index contributed by atoms with van der Waals surface area (Å²) in [6.45, 7) is 6.30. The van der Waals surface area contributed by atoms with Crippen molar-refractivity contribution in [2.75, 3.05) is 14.1 Å². The normalized spacial score (nSPS) is 25.1. The molecule has 1 unspecified atom stereocenters. The monoisotopic (exact) mass is 198 g/mol. The fraction of sp³-hybridized carbons (Fsp3) is 0.833. The maximum absolute atomic E-state index is 3.11. The van der Waals surface area contributed by atoms with Gasteiger partial charge in [-0.3, -0.25) is 0 Å². The summed E-state index contributed by atoms with van der Waals surface area (Å²) in [7, 11) is 4.16. The Morgan fingerprint density at radius 3 is 2.57 bits per heavy atom. The third-order valence-electron chi connectivity index (χ3n) is 2.73. The van der Waals surface area contributed by atoms with Crippen LogP contribution >= 0.6 is 0 Å². The average Bonchev–Trinajstić information content (AvgIpc) is 2.37. The number of likely N-dealkylation sites (tertiary alicyclic amines) is 1. The molecule has 1 atom stereocenters. The van der Waals surface area contributed by atoms with Gasteiger partial charge in [0, 0.05) is 32.0 Å². The molecule has 0 aromatic rings. The van der Waals surface area contributed by atoms with E-state index < -0.39 is 0 Å². The Labute approximate surface area is 89.4 Å². The molecule has 2 nitrogen and oxygen atoms in total. The molecular weight excluding hydrogens is 172 g/mol. The first-order valence-corrected chi connectivity index (χ1v) is 5.85. The van der Waals surface area contributed by atoms with Crippen molar-refractivity contribution < 1.29 is 0 Å². The fourth-order valence-electron chi connectivity index (χ4n) is 1.74. The zero-order valence-electron chi connectivity index (χ0n) is 10.4. The second kappa shape index (κ2) is 7.72. The molecule has 0 bridgehead atoms. The predicted molar refractivity (Wildman–Crippen MR) is 64.2 cm³/mol. The van der Waals surface area contributed by atoms with Crippen molar-refractivity contribution in [3.05, 3.63) is 11.9 Å². The number of allylic oxidation sites excluding steroid dienone is 1. The minimum absolute atomic E-state index is 0.701. The molecule has 14 heavy (non-hydrogen) atoms. The number of nitrogens with zero attached hydrogens (tertiary/aromatic N) is 1. The molecule has 0 aliphatic carbocycles. The van der Waals surface area contributed by atoms with E-state index in [9.17, 15) is 0 Å². The van der Waals surface area contributed by atoms with Crippen molar-refractivity contribution in [2.24, 2.45) is 0 Å². The van der Waals surface area contributed by atoms with Crippen molar-refractivity contribution in [1.29, 1.82) is 0 Å². The van der Waals surface area contributed by atoms with Crippen LogP contribution in [0.15, 0.2) is 11.9 Å². The maximum Gasteiger partial charge on any atom is 0.0292 e. The van der Waals surface area contributed by atoms with Gasteiger partial charge in [0.05, 0.1) is 0 Å². The lowest BCUT2D eigenvalue weighted by Crippen LogP contribution is -2.27. The second-order valence-electron chi connectivity index (χ2n) is 3.63. The molecule has 1 heterocycles. The molecule has 1 saturated heterocycles. The van der Waals surface area contributed by atoms with E-state index in [0.717, 1.165) is 0 Å². The summed E-state index contributed by atoms with van der Waals surface area (Å²) in [5, 5.41) is 3.11. The SMILES string of the molecule is CC.CN/C=C1\CCCCC(C)N1C. The van der Waals surface area contributed by atoms with Gasteiger partial charge in [-0.15, -0.1) is 0 Å². The number of nitrogens with one attached hydrogen (secondary N) is 1. The zero-order valence-corrected chi connectivity index (χ0v) is 10.4. The molecule has 1 N–H and O–H groups in total. The molecule has 1 aliphatic rings. The molecule has 84 valence electrons. The summed E-state index contributed by atoms with van der Waals surface area (Å²) >= 11 is 0.